The van der Waals surface area contributed by atoms with Crippen LogP contribution >= 0.6 is 11.8 Å². The van der Waals surface area contributed by atoms with Crippen LogP contribution in [0.15, 0.2) is 40.1 Å². The average molecular weight is 415 g/mol. The lowest BCUT2D eigenvalue weighted by Gasteiger charge is -2.36. The number of benzene rings is 1. The molecular weight excluding hydrogens is 393 g/mol. The quantitative estimate of drug-likeness (QED) is 0.641. The minimum absolute atomic E-state index is 0.0144. The van der Waals surface area contributed by atoms with Crippen molar-refractivity contribution in [2.45, 2.75) is 44.9 Å². The summed E-state index contributed by atoms with van der Waals surface area (Å²) in [5.74, 6) is 0.281. The third kappa shape index (κ3) is 4.34. The van der Waals surface area contributed by atoms with E-state index >= 15 is 0 Å². The van der Waals surface area contributed by atoms with Gasteiger partial charge in [0, 0.05) is 12.5 Å². The largest absolute Gasteiger partial charge is 0.416 e. The standard InChI is InChI=1S/C20H22FN5O2S/c1-12-24-25-19(28-12)29-11-18(27)23-16-8-20(2,3)9-17-15(16)10-22-26(17)14-6-4-13(21)5-7-14/h4-7,10,16H,8-9,11H2,1-3H3,(H,23,27)/t16-/m1/s1. The molecule has 1 aliphatic carbocycles. The molecule has 0 fully saturated rings. The summed E-state index contributed by atoms with van der Waals surface area (Å²) < 4.78 is 20.4. The molecule has 1 amide bonds. The van der Waals surface area contributed by atoms with Gasteiger partial charge < -0.3 is 9.73 Å². The molecule has 0 spiro atoms. The van der Waals surface area contributed by atoms with E-state index in [0.29, 0.717) is 11.1 Å². The summed E-state index contributed by atoms with van der Waals surface area (Å²) in [6.45, 7) is 6.06. The van der Waals surface area contributed by atoms with E-state index in [2.05, 4.69) is 34.5 Å². The van der Waals surface area contributed by atoms with E-state index in [1.54, 1.807) is 25.3 Å². The zero-order chi connectivity index (χ0) is 20.6. The Morgan fingerprint density at radius 3 is 2.79 bits per heavy atom. The topological polar surface area (TPSA) is 85.8 Å². The molecular formula is C20H22FN5O2S. The van der Waals surface area contributed by atoms with E-state index in [1.165, 1.54) is 23.9 Å². The lowest BCUT2D eigenvalue weighted by Crippen LogP contribution is -2.37. The lowest BCUT2D eigenvalue weighted by atomic mass is 9.74. The van der Waals surface area contributed by atoms with E-state index in [0.717, 1.165) is 29.8 Å². The Labute approximate surface area is 172 Å². The van der Waals surface area contributed by atoms with Crippen molar-refractivity contribution in [1.82, 2.24) is 25.3 Å². The molecule has 0 bridgehead atoms. The molecule has 3 aromatic rings. The highest BCUT2D eigenvalue weighted by Gasteiger charge is 2.36. The maximum atomic E-state index is 13.3. The molecule has 29 heavy (non-hydrogen) atoms. The third-order valence-electron chi connectivity index (χ3n) is 4.92. The van der Waals surface area contributed by atoms with E-state index in [4.69, 9.17) is 4.42 Å². The normalized spacial score (nSPS) is 17.7. The van der Waals surface area contributed by atoms with Crippen LogP contribution in [0.25, 0.3) is 5.69 Å². The molecule has 0 unspecified atom stereocenters. The molecule has 7 nitrogen and oxygen atoms in total. The van der Waals surface area contributed by atoms with Gasteiger partial charge in [-0.2, -0.15) is 5.10 Å². The van der Waals surface area contributed by atoms with Crippen LogP contribution in [0.4, 0.5) is 4.39 Å². The Balaban J connectivity index is 1.53. The Morgan fingerprint density at radius 2 is 2.10 bits per heavy atom. The Hall–Kier alpha value is -2.68. The van der Waals surface area contributed by atoms with Gasteiger partial charge in [-0.25, -0.2) is 9.07 Å². The van der Waals surface area contributed by atoms with Gasteiger partial charge in [-0.15, -0.1) is 10.2 Å². The molecule has 1 N–H and O–H groups in total. The first-order valence-electron chi connectivity index (χ1n) is 9.36. The van der Waals surface area contributed by atoms with Crippen molar-refractivity contribution < 1.29 is 13.6 Å². The van der Waals surface area contributed by atoms with Crippen LogP contribution in [0.5, 0.6) is 0 Å². The summed E-state index contributed by atoms with van der Waals surface area (Å²) >= 11 is 1.21. The highest BCUT2D eigenvalue weighted by molar-refractivity contribution is 7.99. The number of hydrogen-bond acceptors (Lipinski definition) is 6. The summed E-state index contributed by atoms with van der Waals surface area (Å²) in [7, 11) is 0. The molecule has 0 saturated heterocycles. The monoisotopic (exact) mass is 415 g/mol. The first-order chi connectivity index (χ1) is 13.8. The van der Waals surface area contributed by atoms with Gasteiger partial charge >= 0.3 is 0 Å². The van der Waals surface area contributed by atoms with Gasteiger partial charge in [-0.3, -0.25) is 4.79 Å². The van der Waals surface area contributed by atoms with E-state index < -0.39 is 0 Å². The van der Waals surface area contributed by atoms with Crippen LogP contribution in [0.1, 0.15) is 43.5 Å². The molecule has 0 saturated carbocycles. The lowest BCUT2D eigenvalue weighted by molar-refractivity contribution is -0.119. The summed E-state index contributed by atoms with van der Waals surface area (Å²) in [6, 6.07) is 6.13. The fourth-order valence-electron chi connectivity index (χ4n) is 3.68. The van der Waals surface area contributed by atoms with Crippen molar-refractivity contribution in [3.63, 3.8) is 0 Å². The molecule has 1 atom stereocenters. The van der Waals surface area contributed by atoms with Crippen molar-refractivity contribution in [2.24, 2.45) is 5.41 Å². The van der Waals surface area contributed by atoms with Crippen LogP contribution in [0.2, 0.25) is 0 Å². The minimum Gasteiger partial charge on any atom is -0.416 e. The number of nitrogens with one attached hydrogen (secondary N) is 1. The molecule has 2 heterocycles. The number of amides is 1. The molecule has 4 rings (SSSR count). The van der Waals surface area contributed by atoms with Gasteiger partial charge in [-0.1, -0.05) is 25.6 Å². The average Bonchev–Trinajstić information content (AvgIpc) is 3.26. The maximum Gasteiger partial charge on any atom is 0.277 e. The molecule has 2 aromatic heterocycles. The van der Waals surface area contributed by atoms with Crippen molar-refractivity contribution in [1.29, 1.82) is 0 Å². The molecule has 0 aliphatic heterocycles. The van der Waals surface area contributed by atoms with Crippen LogP contribution in [0.3, 0.4) is 0 Å². The zero-order valence-electron chi connectivity index (χ0n) is 16.5. The summed E-state index contributed by atoms with van der Waals surface area (Å²) in [5, 5.41) is 15.7. The van der Waals surface area contributed by atoms with Gasteiger partial charge in [-0.05, 0) is 42.5 Å². The van der Waals surface area contributed by atoms with E-state index in [9.17, 15) is 9.18 Å². The number of halogens is 1. The van der Waals surface area contributed by atoms with Crippen LogP contribution < -0.4 is 5.32 Å². The van der Waals surface area contributed by atoms with Gasteiger partial charge in [0.25, 0.3) is 5.22 Å². The number of thioether (sulfide) groups is 1. The van der Waals surface area contributed by atoms with Crippen LogP contribution in [0, 0.1) is 18.2 Å². The van der Waals surface area contributed by atoms with Gasteiger partial charge in [0.1, 0.15) is 5.82 Å². The minimum atomic E-state index is -0.283. The fourth-order valence-corrected chi connectivity index (χ4v) is 4.29. The number of hydrogen-bond donors (Lipinski definition) is 1. The number of nitrogens with zero attached hydrogens (tertiary/aromatic N) is 4. The Morgan fingerprint density at radius 1 is 1.34 bits per heavy atom. The molecule has 1 aliphatic rings. The highest BCUT2D eigenvalue weighted by atomic mass is 32.2. The smallest absolute Gasteiger partial charge is 0.277 e. The predicted octanol–water partition coefficient (Wildman–Crippen LogP) is 3.62. The van der Waals surface area contributed by atoms with Crippen molar-refractivity contribution in [3.8, 4) is 5.69 Å². The molecule has 0 radical (unpaired) electrons. The maximum absolute atomic E-state index is 13.3. The number of rotatable bonds is 5. The SMILES string of the molecule is Cc1nnc(SCC(=O)N[C@@H]2CC(C)(C)Cc3c2cnn3-c2ccc(F)cc2)o1. The van der Waals surface area contributed by atoms with Crippen molar-refractivity contribution in [3.05, 3.63) is 53.4 Å². The van der Waals surface area contributed by atoms with Gasteiger partial charge in [0.2, 0.25) is 11.8 Å². The first-order valence-corrected chi connectivity index (χ1v) is 10.3. The molecule has 152 valence electrons. The van der Waals surface area contributed by atoms with Crippen LogP contribution in [-0.4, -0.2) is 31.6 Å². The van der Waals surface area contributed by atoms with E-state index in [1.807, 2.05) is 4.68 Å². The summed E-state index contributed by atoms with van der Waals surface area (Å²) in [4.78, 5) is 12.5. The molecule has 9 heteroatoms. The molecule has 1 aromatic carbocycles. The van der Waals surface area contributed by atoms with Gasteiger partial charge in [0.05, 0.1) is 29.4 Å². The zero-order valence-corrected chi connectivity index (χ0v) is 17.3. The Kier molecular flexibility index (Phi) is 5.16. The third-order valence-corrected chi connectivity index (χ3v) is 5.74. The van der Waals surface area contributed by atoms with E-state index in [-0.39, 0.29) is 28.9 Å². The second-order valence-corrected chi connectivity index (χ2v) is 8.90. The highest BCUT2D eigenvalue weighted by Crippen LogP contribution is 2.41. The predicted molar refractivity (Wildman–Crippen MR) is 106 cm³/mol. The number of aromatic nitrogens is 4. The number of carbonyl (C=O) groups excluding carboxylic acids is 1. The fraction of sp³-hybridized carbons (Fsp3) is 0.400. The summed E-state index contributed by atoms with van der Waals surface area (Å²) in [5.41, 5.74) is 2.83. The van der Waals surface area contributed by atoms with Crippen LogP contribution in [-0.2, 0) is 11.2 Å². The second-order valence-electron chi connectivity index (χ2n) is 7.98. The van der Waals surface area contributed by atoms with Gasteiger partial charge in [0.15, 0.2) is 0 Å². The van der Waals surface area contributed by atoms with Crippen molar-refractivity contribution >= 4 is 17.7 Å². The second kappa shape index (κ2) is 7.62. The Bertz CT molecular complexity index is 1030. The number of fused-ring (bicyclic) bond motifs is 1. The number of carbonyl (C=O) groups is 1. The summed E-state index contributed by atoms with van der Waals surface area (Å²) in [6.07, 6.45) is 3.43. The van der Waals surface area contributed by atoms with Crippen molar-refractivity contribution in [2.75, 3.05) is 5.75 Å². The first kappa shape index (κ1) is 19.6. The number of aryl methyl sites for hydroxylation is 1.